The Hall–Kier alpha value is -2.95. The number of carbonyl (C=O) groups is 1. The first-order valence-corrected chi connectivity index (χ1v) is 6.39. The van der Waals surface area contributed by atoms with Crippen molar-refractivity contribution in [3.63, 3.8) is 0 Å². The highest BCUT2D eigenvalue weighted by Gasteiger charge is 2.07. The molecule has 3 aromatic rings. The average molecular weight is 281 g/mol. The van der Waals surface area contributed by atoms with E-state index in [0.717, 1.165) is 11.8 Å². The van der Waals surface area contributed by atoms with E-state index in [0.29, 0.717) is 11.3 Å². The monoisotopic (exact) mass is 281 g/mol. The summed E-state index contributed by atoms with van der Waals surface area (Å²) in [5, 5.41) is 2.77. The standard InChI is InChI=1S/C16H12FN3O/c17-15-7-6-12(11-18-15)16(21)19-13-4-3-5-14(10-13)20-8-1-2-9-20/h1-11H,(H,19,21). The van der Waals surface area contributed by atoms with Gasteiger partial charge >= 0.3 is 0 Å². The Bertz CT molecular complexity index is 751. The van der Waals surface area contributed by atoms with Crippen LogP contribution in [-0.2, 0) is 0 Å². The van der Waals surface area contributed by atoms with Gasteiger partial charge in [0.15, 0.2) is 0 Å². The molecule has 0 unspecified atom stereocenters. The highest BCUT2D eigenvalue weighted by Crippen LogP contribution is 2.15. The topological polar surface area (TPSA) is 46.9 Å². The van der Waals surface area contributed by atoms with Gasteiger partial charge < -0.3 is 9.88 Å². The summed E-state index contributed by atoms with van der Waals surface area (Å²) in [6, 6.07) is 13.9. The highest BCUT2D eigenvalue weighted by molar-refractivity contribution is 6.04. The van der Waals surface area contributed by atoms with E-state index in [-0.39, 0.29) is 5.91 Å². The number of pyridine rings is 1. The normalized spacial score (nSPS) is 10.3. The largest absolute Gasteiger partial charge is 0.324 e. The Morgan fingerprint density at radius 1 is 1.10 bits per heavy atom. The third-order valence-corrected chi connectivity index (χ3v) is 3.00. The second kappa shape index (κ2) is 5.58. The zero-order valence-electron chi connectivity index (χ0n) is 11.0. The van der Waals surface area contributed by atoms with Gasteiger partial charge in [-0.3, -0.25) is 4.79 Å². The number of hydrogen-bond donors (Lipinski definition) is 1. The molecule has 2 heterocycles. The van der Waals surface area contributed by atoms with Crippen molar-refractivity contribution in [1.29, 1.82) is 0 Å². The van der Waals surface area contributed by atoms with E-state index in [4.69, 9.17) is 0 Å². The summed E-state index contributed by atoms with van der Waals surface area (Å²) in [5.41, 5.74) is 1.91. The fourth-order valence-corrected chi connectivity index (χ4v) is 1.96. The molecule has 0 aliphatic heterocycles. The van der Waals surface area contributed by atoms with Crippen LogP contribution in [0, 0.1) is 5.95 Å². The number of nitrogens with zero attached hydrogens (tertiary/aromatic N) is 2. The fraction of sp³-hybridized carbons (Fsp3) is 0. The van der Waals surface area contributed by atoms with Gasteiger partial charge in [-0.2, -0.15) is 4.39 Å². The van der Waals surface area contributed by atoms with Crippen LogP contribution >= 0.6 is 0 Å². The van der Waals surface area contributed by atoms with Crippen molar-refractivity contribution >= 4 is 11.6 Å². The molecule has 1 aromatic carbocycles. The summed E-state index contributed by atoms with van der Waals surface area (Å²) in [7, 11) is 0. The molecule has 0 spiro atoms. The van der Waals surface area contributed by atoms with E-state index < -0.39 is 5.95 Å². The van der Waals surface area contributed by atoms with Gasteiger partial charge in [-0.1, -0.05) is 6.07 Å². The number of amides is 1. The lowest BCUT2D eigenvalue weighted by molar-refractivity contribution is 0.102. The first-order valence-electron chi connectivity index (χ1n) is 6.39. The number of aromatic nitrogens is 2. The molecule has 0 atom stereocenters. The van der Waals surface area contributed by atoms with Crippen LogP contribution in [0.15, 0.2) is 67.1 Å². The molecule has 104 valence electrons. The zero-order chi connectivity index (χ0) is 14.7. The molecular formula is C16H12FN3O. The van der Waals surface area contributed by atoms with E-state index >= 15 is 0 Å². The number of anilines is 1. The van der Waals surface area contributed by atoms with Crippen molar-refractivity contribution in [1.82, 2.24) is 9.55 Å². The van der Waals surface area contributed by atoms with Crippen LogP contribution in [0.2, 0.25) is 0 Å². The van der Waals surface area contributed by atoms with Crippen LogP contribution in [0.3, 0.4) is 0 Å². The number of hydrogen-bond acceptors (Lipinski definition) is 2. The van der Waals surface area contributed by atoms with Crippen molar-refractivity contribution in [2.45, 2.75) is 0 Å². The van der Waals surface area contributed by atoms with Crippen molar-refractivity contribution in [2.24, 2.45) is 0 Å². The minimum Gasteiger partial charge on any atom is -0.324 e. The summed E-state index contributed by atoms with van der Waals surface area (Å²) in [4.78, 5) is 15.5. The number of carbonyl (C=O) groups excluding carboxylic acids is 1. The number of rotatable bonds is 3. The van der Waals surface area contributed by atoms with Crippen LogP contribution in [-0.4, -0.2) is 15.5 Å². The van der Waals surface area contributed by atoms with Crippen LogP contribution in [0.5, 0.6) is 0 Å². The van der Waals surface area contributed by atoms with E-state index in [1.54, 1.807) is 6.07 Å². The molecule has 0 bridgehead atoms. The second-order valence-corrected chi connectivity index (χ2v) is 4.46. The van der Waals surface area contributed by atoms with E-state index in [9.17, 15) is 9.18 Å². The van der Waals surface area contributed by atoms with Crippen molar-refractivity contribution in [3.05, 3.63) is 78.6 Å². The Labute approximate surface area is 120 Å². The summed E-state index contributed by atoms with van der Waals surface area (Å²) in [6.07, 6.45) is 5.05. The maximum absolute atomic E-state index is 12.7. The maximum Gasteiger partial charge on any atom is 0.257 e. The predicted octanol–water partition coefficient (Wildman–Crippen LogP) is 3.26. The van der Waals surface area contributed by atoms with E-state index in [2.05, 4.69) is 10.3 Å². The van der Waals surface area contributed by atoms with E-state index in [1.165, 1.54) is 12.3 Å². The van der Waals surface area contributed by atoms with Gasteiger partial charge in [0.1, 0.15) is 0 Å². The van der Waals surface area contributed by atoms with Crippen molar-refractivity contribution in [2.75, 3.05) is 5.32 Å². The van der Waals surface area contributed by atoms with Gasteiger partial charge in [-0.15, -0.1) is 0 Å². The Morgan fingerprint density at radius 2 is 1.90 bits per heavy atom. The molecule has 0 radical (unpaired) electrons. The maximum atomic E-state index is 12.7. The van der Waals surface area contributed by atoms with Gasteiger partial charge in [0.2, 0.25) is 5.95 Å². The lowest BCUT2D eigenvalue weighted by Gasteiger charge is -2.08. The van der Waals surface area contributed by atoms with E-state index in [1.807, 2.05) is 47.3 Å². The SMILES string of the molecule is O=C(Nc1cccc(-n2cccc2)c1)c1ccc(F)nc1. The van der Waals surface area contributed by atoms with Gasteiger partial charge in [0.05, 0.1) is 5.56 Å². The number of benzene rings is 1. The molecule has 3 rings (SSSR count). The summed E-state index contributed by atoms with van der Waals surface area (Å²) in [5.74, 6) is -0.937. The van der Waals surface area contributed by atoms with Gasteiger partial charge in [-0.25, -0.2) is 4.98 Å². The average Bonchev–Trinajstić information content (AvgIpc) is 3.02. The third kappa shape index (κ3) is 2.97. The molecule has 4 nitrogen and oxygen atoms in total. The molecule has 0 fully saturated rings. The van der Waals surface area contributed by atoms with Crippen LogP contribution < -0.4 is 5.32 Å². The first kappa shape index (κ1) is 13.1. The molecule has 0 saturated carbocycles. The minimum absolute atomic E-state index is 0.308. The molecule has 21 heavy (non-hydrogen) atoms. The lowest BCUT2D eigenvalue weighted by Crippen LogP contribution is -2.12. The number of halogens is 1. The Balaban J connectivity index is 1.80. The second-order valence-electron chi connectivity index (χ2n) is 4.46. The van der Waals surface area contributed by atoms with Crippen LogP contribution in [0.1, 0.15) is 10.4 Å². The smallest absolute Gasteiger partial charge is 0.257 e. The lowest BCUT2D eigenvalue weighted by atomic mass is 10.2. The van der Waals surface area contributed by atoms with Crippen molar-refractivity contribution < 1.29 is 9.18 Å². The molecule has 2 aromatic heterocycles. The molecule has 0 aliphatic rings. The van der Waals surface area contributed by atoms with Crippen LogP contribution in [0.25, 0.3) is 5.69 Å². The predicted molar refractivity (Wildman–Crippen MR) is 77.9 cm³/mol. The van der Waals surface area contributed by atoms with Gasteiger partial charge in [0.25, 0.3) is 5.91 Å². The Kier molecular flexibility index (Phi) is 3.47. The quantitative estimate of drug-likeness (QED) is 0.749. The molecule has 0 aliphatic carbocycles. The molecular weight excluding hydrogens is 269 g/mol. The highest BCUT2D eigenvalue weighted by atomic mass is 19.1. The molecule has 1 amide bonds. The summed E-state index contributed by atoms with van der Waals surface area (Å²) >= 11 is 0. The van der Waals surface area contributed by atoms with Gasteiger partial charge in [-0.05, 0) is 42.5 Å². The minimum atomic E-state index is -0.610. The van der Waals surface area contributed by atoms with Crippen LogP contribution in [0.4, 0.5) is 10.1 Å². The fourth-order valence-electron chi connectivity index (χ4n) is 1.96. The molecule has 5 heteroatoms. The third-order valence-electron chi connectivity index (χ3n) is 3.00. The molecule has 0 saturated heterocycles. The molecule has 1 N–H and O–H groups in total. The number of nitrogens with one attached hydrogen (secondary N) is 1. The van der Waals surface area contributed by atoms with Gasteiger partial charge in [0, 0.05) is 30.0 Å². The Morgan fingerprint density at radius 3 is 2.62 bits per heavy atom. The summed E-state index contributed by atoms with van der Waals surface area (Å²) < 4.78 is 14.7. The van der Waals surface area contributed by atoms with Crippen molar-refractivity contribution in [3.8, 4) is 5.69 Å². The summed E-state index contributed by atoms with van der Waals surface area (Å²) in [6.45, 7) is 0. The zero-order valence-corrected chi connectivity index (χ0v) is 11.0. The first-order chi connectivity index (χ1) is 10.2.